The Labute approximate surface area is 151 Å². The van der Waals surface area contributed by atoms with E-state index >= 15 is 0 Å². The van der Waals surface area contributed by atoms with Crippen molar-refractivity contribution in [1.82, 2.24) is 0 Å². The standard InChI is InChI=1S/C21H30O2S/c1-15(8-9-19-16(2)7-6-10-21(19,4)5)11-18-12-17(3)20(24-18)13-23-14-22/h8-9,11-12,14,18,20H,6-7,10,13H2,1-5H3/b9-8+,15-11+. The Bertz CT molecular complexity index is 593. The number of ether oxygens (including phenoxy) is 1. The highest BCUT2D eigenvalue weighted by Gasteiger charge is 2.26. The Morgan fingerprint density at radius 3 is 2.83 bits per heavy atom. The Balaban J connectivity index is 2.03. The lowest BCUT2D eigenvalue weighted by Crippen LogP contribution is -2.19. The van der Waals surface area contributed by atoms with Crippen LogP contribution in [0.2, 0.25) is 0 Å². The summed E-state index contributed by atoms with van der Waals surface area (Å²) in [6.07, 6.45) is 13.0. The minimum absolute atomic E-state index is 0.287. The number of hydrogen-bond acceptors (Lipinski definition) is 3. The molecule has 0 aromatic rings. The van der Waals surface area contributed by atoms with Crippen molar-refractivity contribution in [3.63, 3.8) is 0 Å². The van der Waals surface area contributed by atoms with Crippen molar-refractivity contribution in [2.75, 3.05) is 6.61 Å². The summed E-state index contributed by atoms with van der Waals surface area (Å²) in [5, 5.41) is 0.653. The minimum Gasteiger partial charge on any atom is -0.466 e. The van der Waals surface area contributed by atoms with Crippen LogP contribution in [0.4, 0.5) is 0 Å². The van der Waals surface area contributed by atoms with Crippen LogP contribution in [0.15, 0.2) is 46.6 Å². The van der Waals surface area contributed by atoms with E-state index in [1.807, 2.05) is 11.8 Å². The minimum atomic E-state index is 0.287. The van der Waals surface area contributed by atoms with Crippen LogP contribution in [0.5, 0.6) is 0 Å². The van der Waals surface area contributed by atoms with Crippen molar-refractivity contribution < 1.29 is 9.53 Å². The Hall–Kier alpha value is -1.22. The zero-order valence-corrected chi connectivity index (χ0v) is 16.4. The van der Waals surface area contributed by atoms with Crippen molar-refractivity contribution >= 4 is 18.2 Å². The third kappa shape index (κ3) is 4.89. The highest BCUT2D eigenvalue weighted by atomic mass is 32.2. The lowest BCUT2D eigenvalue weighted by atomic mass is 9.72. The van der Waals surface area contributed by atoms with Gasteiger partial charge < -0.3 is 4.74 Å². The molecule has 1 aliphatic carbocycles. The molecule has 0 aromatic carbocycles. The van der Waals surface area contributed by atoms with Crippen LogP contribution in [0, 0.1) is 5.41 Å². The molecule has 1 aliphatic heterocycles. The van der Waals surface area contributed by atoms with Crippen LogP contribution in [0.3, 0.4) is 0 Å². The van der Waals surface area contributed by atoms with Gasteiger partial charge in [0.15, 0.2) is 0 Å². The molecule has 0 fully saturated rings. The molecule has 0 radical (unpaired) electrons. The van der Waals surface area contributed by atoms with Crippen LogP contribution >= 0.6 is 11.8 Å². The van der Waals surface area contributed by atoms with Gasteiger partial charge in [-0.15, -0.1) is 11.8 Å². The van der Waals surface area contributed by atoms with E-state index in [1.54, 1.807) is 0 Å². The maximum absolute atomic E-state index is 10.4. The third-order valence-electron chi connectivity index (χ3n) is 5.05. The van der Waals surface area contributed by atoms with E-state index in [9.17, 15) is 4.79 Å². The predicted octanol–water partition coefficient (Wildman–Crippen LogP) is 5.62. The molecule has 2 rings (SSSR count). The van der Waals surface area contributed by atoms with E-state index < -0.39 is 0 Å². The van der Waals surface area contributed by atoms with Gasteiger partial charge in [-0.3, -0.25) is 4.79 Å². The van der Waals surface area contributed by atoms with Crippen LogP contribution in [-0.2, 0) is 9.53 Å². The Kier molecular flexibility index (Phi) is 6.56. The molecule has 132 valence electrons. The van der Waals surface area contributed by atoms with Crippen LogP contribution < -0.4 is 0 Å². The average molecular weight is 347 g/mol. The second kappa shape index (κ2) is 8.24. The Morgan fingerprint density at radius 1 is 1.42 bits per heavy atom. The summed E-state index contributed by atoms with van der Waals surface area (Å²) in [5.74, 6) is 0. The van der Waals surface area contributed by atoms with Gasteiger partial charge in [0.1, 0.15) is 6.61 Å². The molecule has 2 aliphatic rings. The molecule has 0 amide bonds. The van der Waals surface area contributed by atoms with Crippen molar-refractivity contribution in [2.24, 2.45) is 5.41 Å². The quantitative estimate of drug-likeness (QED) is 0.355. The van der Waals surface area contributed by atoms with Crippen molar-refractivity contribution in [3.05, 3.63) is 46.6 Å². The molecular weight excluding hydrogens is 316 g/mol. The molecule has 0 saturated heterocycles. The second-order valence-corrected chi connectivity index (χ2v) is 8.99. The fourth-order valence-corrected chi connectivity index (χ4v) is 5.04. The van der Waals surface area contributed by atoms with Gasteiger partial charge in [-0.2, -0.15) is 0 Å². The average Bonchev–Trinajstić information content (AvgIpc) is 2.83. The molecule has 1 heterocycles. The zero-order chi connectivity index (χ0) is 17.7. The highest BCUT2D eigenvalue weighted by molar-refractivity contribution is 8.01. The van der Waals surface area contributed by atoms with E-state index in [0.29, 0.717) is 18.3 Å². The number of allylic oxidation sites excluding steroid dienone is 5. The van der Waals surface area contributed by atoms with Crippen molar-refractivity contribution in [2.45, 2.75) is 64.4 Å². The van der Waals surface area contributed by atoms with E-state index in [4.69, 9.17) is 4.74 Å². The Morgan fingerprint density at radius 2 is 2.17 bits per heavy atom. The number of rotatable bonds is 6. The monoisotopic (exact) mass is 346 g/mol. The molecule has 0 spiro atoms. The number of hydrogen-bond donors (Lipinski definition) is 0. The summed E-state index contributed by atoms with van der Waals surface area (Å²) in [7, 11) is 0. The van der Waals surface area contributed by atoms with Gasteiger partial charge in [-0.1, -0.05) is 54.9 Å². The van der Waals surface area contributed by atoms with Crippen molar-refractivity contribution in [3.8, 4) is 0 Å². The zero-order valence-electron chi connectivity index (χ0n) is 15.6. The van der Waals surface area contributed by atoms with Gasteiger partial charge in [0.05, 0.1) is 5.25 Å². The largest absolute Gasteiger partial charge is 0.466 e. The molecule has 24 heavy (non-hydrogen) atoms. The van der Waals surface area contributed by atoms with Gasteiger partial charge >= 0.3 is 0 Å². The first-order valence-electron chi connectivity index (χ1n) is 8.79. The van der Waals surface area contributed by atoms with E-state index in [2.05, 4.69) is 58.9 Å². The first-order chi connectivity index (χ1) is 11.3. The SMILES string of the molecule is CC1=CC(/C=C(C)/C=C/C2=C(C)CCCC2(C)C)SC1COC=O. The van der Waals surface area contributed by atoms with Gasteiger partial charge in [0, 0.05) is 5.25 Å². The van der Waals surface area contributed by atoms with Gasteiger partial charge in [0.25, 0.3) is 6.47 Å². The fraction of sp³-hybridized carbons (Fsp3) is 0.571. The first-order valence-corrected chi connectivity index (χ1v) is 9.73. The topological polar surface area (TPSA) is 26.3 Å². The maximum Gasteiger partial charge on any atom is 0.293 e. The molecular formula is C21H30O2S. The summed E-state index contributed by atoms with van der Waals surface area (Å²) in [5.41, 5.74) is 5.91. The number of carbonyl (C=O) groups is 1. The summed E-state index contributed by atoms with van der Waals surface area (Å²) in [6.45, 7) is 12.3. The van der Waals surface area contributed by atoms with Crippen LogP contribution in [0.25, 0.3) is 0 Å². The molecule has 3 heteroatoms. The summed E-state index contributed by atoms with van der Waals surface area (Å²) in [4.78, 5) is 10.4. The van der Waals surface area contributed by atoms with E-state index in [1.165, 1.54) is 41.6 Å². The molecule has 0 saturated carbocycles. The van der Waals surface area contributed by atoms with Gasteiger partial charge in [-0.05, 0) is 51.0 Å². The summed E-state index contributed by atoms with van der Waals surface area (Å²) < 4.78 is 4.92. The molecule has 2 unspecified atom stereocenters. The molecule has 0 bridgehead atoms. The van der Waals surface area contributed by atoms with Gasteiger partial charge in [0.2, 0.25) is 0 Å². The summed E-state index contributed by atoms with van der Waals surface area (Å²) in [6, 6.07) is 0. The first kappa shape index (κ1) is 19.1. The molecule has 0 N–H and O–H groups in total. The second-order valence-electron chi connectivity index (χ2n) is 7.61. The molecule has 2 nitrogen and oxygen atoms in total. The molecule has 2 atom stereocenters. The summed E-state index contributed by atoms with van der Waals surface area (Å²) >= 11 is 1.85. The predicted molar refractivity (Wildman–Crippen MR) is 104 cm³/mol. The normalized spacial score (nSPS) is 27.5. The lowest BCUT2D eigenvalue weighted by molar-refractivity contribution is -0.128. The number of carbonyl (C=O) groups excluding carboxylic acids is 1. The third-order valence-corrected chi connectivity index (χ3v) is 6.48. The van der Waals surface area contributed by atoms with Crippen molar-refractivity contribution in [1.29, 1.82) is 0 Å². The number of thioether (sulfide) groups is 1. The molecule has 0 aromatic heterocycles. The maximum atomic E-state index is 10.4. The van der Waals surface area contributed by atoms with E-state index in [0.717, 1.165) is 0 Å². The van der Waals surface area contributed by atoms with E-state index in [-0.39, 0.29) is 10.7 Å². The highest BCUT2D eigenvalue weighted by Crippen LogP contribution is 2.41. The lowest BCUT2D eigenvalue weighted by Gasteiger charge is -2.33. The van der Waals surface area contributed by atoms with Gasteiger partial charge in [-0.25, -0.2) is 0 Å². The van der Waals surface area contributed by atoms with Crippen LogP contribution in [-0.4, -0.2) is 23.6 Å². The smallest absolute Gasteiger partial charge is 0.293 e. The van der Waals surface area contributed by atoms with Crippen LogP contribution in [0.1, 0.15) is 53.9 Å². The fourth-order valence-electron chi connectivity index (χ4n) is 3.63.